The fourth-order valence-electron chi connectivity index (χ4n) is 2.34. The van der Waals surface area contributed by atoms with E-state index < -0.39 is 0 Å². The third-order valence-corrected chi connectivity index (χ3v) is 3.71. The Kier molecular flexibility index (Phi) is 23.9. The van der Waals surface area contributed by atoms with Gasteiger partial charge in [-0.15, -0.1) is 0 Å². The SMILES string of the molecule is CC(C)(C)[S-].CO[C@H]1OC(COCc2ccccc2)[CH-][C@H](C)C1C.[K+].[K+].[SH-]. The minimum atomic E-state index is -0.134. The van der Waals surface area contributed by atoms with Gasteiger partial charge in [-0.2, -0.15) is 10.7 Å². The van der Waals surface area contributed by atoms with Gasteiger partial charge in [0, 0.05) is 13.7 Å². The molecule has 0 aliphatic carbocycles. The zero-order chi connectivity index (χ0) is 18.2. The Morgan fingerprint density at radius 2 is 1.63 bits per heavy atom. The van der Waals surface area contributed by atoms with E-state index in [2.05, 4.69) is 32.4 Å². The number of methoxy groups -OCH3 is 1. The van der Waals surface area contributed by atoms with Gasteiger partial charge in [0.1, 0.15) is 0 Å². The van der Waals surface area contributed by atoms with Crippen LogP contribution in [-0.4, -0.2) is 30.9 Å². The number of thiol groups is 1. The molecule has 0 bridgehead atoms. The molecule has 0 amide bonds. The Morgan fingerprint density at radius 1 is 1.11 bits per heavy atom. The van der Waals surface area contributed by atoms with Crippen LogP contribution in [0.1, 0.15) is 40.2 Å². The molecule has 0 radical (unpaired) electrons. The van der Waals surface area contributed by atoms with Crippen molar-refractivity contribution in [1.29, 1.82) is 0 Å². The maximum Gasteiger partial charge on any atom is 1.00 e. The van der Waals surface area contributed by atoms with E-state index in [1.807, 2.05) is 39.0 Å². The van der Waals surface area contributed by atoms with Crippen molar-refractivity contribution in [3.05, 3.63) is 42.3 Å². The minimum Gasteiger partial charge on any atom is -0.813 e. The van der Waals surface area contributed by atoms with E-state index in [1.54, 1.807) is 7.11 Å². The van der Waals surface area contributed by atoms with Crippen LogP contribution in [0.25, 0.3) is 0 Å². The maximum absolute atomic E-state index is 5.85. The quantitative estimate of drug-likeness (QED) is 0.221. The Bertz CT molecular complexity index is 452. The summed E-state index contributed by atoms with van der Waals surface area (Å²) in [6.07, 6.45) is 2.09. The molecule has 0 saturated carbocycles. The van der Waals surface area contributed by atoms with E-state index in [0.29, 0.717) is 25.0 Å². The van der Waals surface area contributed by atoms with Crippen molar-refractivity contribution in [2.45, 2.75) is 58.4 Å². The molecule has 1 aliphatic heterocycles. The van der Waals surface area contributed by atoms with Crippen molar-refractivity contribution in [3.63, 3.8) is 0 Å². The summed E-state index contributed by atoms with van der Waals surface area (Å²) in [7, 11) is 1.70. The number of benzene rings is 1. The molecule has 1 heterocycles. The molecule has 27 heavy (non-hydrogen) atoms. The van der Waals surface area contributed by atoms with E-state index in [9.17, 15) is 0 Å². The van der Waals surface area contributed by atoms with E-state index in [1.165, 1.54) is 5.56 Å². The summed E-state index contributed by atoms with van der Waals surface area (Å²) in [6, 6.07) is 10.2. The van der Waals surface area contributed by atoms with Gasteiger partial charge in [-0.3, -0.25) is 6.42 Å². The molecule has 7 heteroatoms. The van der Waals surface area contributed by atoms with Gasteiger partial charge in [0.25, 0.3) is 0 Å². The first-order valence-electron chi connectivity index (χ1n) is 8.56. The smallest absolute Gasteiger partial charge is 0.813 e. The molecule has 0 aromatic heterocycles. The summed E-state index contributed by atoms with van der Waals surface area (Å²) in [5, 5.41) is 0. The van der Waals surface area contributed by atoms with Gasteiger partial charge in [-0.1, -0.05) is 65.0 Å². The van der Waals surface area contributed by atoms with Crippen molar-refractivity contribution < 1.29 is 117 Å². The third-order valence-electron chi connectivity index (χ3n) is 3.71. The molecule has 1 saturated heterocycles. The molecule has 0 N–H and O–H groups in total. The van der Waals surface area contributed by atoms with E-state index in [-0.39, 0.29) is 133 Å². The van der Waals surface area contributed by atoms with Gasteiger partial charge in [0.05, 0.1) is 6.61 Å². The van der Waals surface area contributed by atoms with E-state index in [4.69, 9.17) is 26.8 Å². The van der Waals surface area contributed by atoms with Gasteiger partial charge in [0.2, 0.25) is 0 Å². The van der Waals surface area contributed by atoms with Crippen molar-refractivity contribution in [3.8, 4) is 0 Å². The van der Waals surface area contributed by atoms with E-state index >= 15 is 0 Å². The number of hydrogen-bond acceptors (Lipinski definition) is 5. The average molecular weight is 464 g/mol. The van der Waals surface area contributed by atoms with Crippen molar-refractivity contribution in [2.75, 3.05) is 13.7 Å². The van der Waals surface area contributed by atoms with Crippen molar-refractivity contribution >= 4 is 26.1 Å². The number of ether oxygens (including phenoxy) is 3. The number of hydrogen-bond donors (Lipinski definition) is 0. The van der Waals surface area contributed by atoms with E-state index in [0.717, 1.165) is 0 Å². The Morgan fingerprint density at radius 3 is 2.11 bits per heavy atom. The second-order valence-electron chi connectivity index (χ2n) is 7.30. The van der Waals surface area contributed by atoms with Crippen LogP contribution in [0.5, 0.6) is 0 Å². The fraction of sp³-hybridized carbons (Fsp3) is 0.650. The molecule has 1 aromatic carbocycles. The minimum absolute atomic E-state index is 0. The second-order valence-corrected chi connectivity index (χ2v) is 8.53. The predicted molar refractivity (Wildman–Crippen MR) is 110 cm³/mol. The summed E-state index contributed by atoms with van der Waals surface area (Å²) >= 11 is 4.83. The largest absolute Gasteiger partial charge is 1.00 e. The molecule has 2 unspecified atom stereocenters. The first-order chi connectivity index (χ1) is 11.2. The standard InChI is InChI=1S/C16H23O3.C4H10S.2K.H2S/c1-12-9-15(19-16(17-3)13(12)2)11-18-10-14-7-5-4-6-8-14;1-4(2,3)5;;;/h4-9,12-13,15-16H,10-11H2,1-3H3;5H,1-3H3;;;1H2/q-1;;2*+1;/p-2/t12-,13?,15?,16-;;;;/m0..../s1. The molecule has 4 atom stereocenters. The summed E-state index contributed by atoms with van der Waals surface area (Å²) in [5.41, 5.74) is 1.18. The molecule has 3 nitrogen and oxygen atoms in total. The van der Waals surface area contributed by atoms with Gasteiger partial charge < -0.3 is 40.3 Å². The molecular formula is C20H33K2O3S2-. The monoisotopic (exact) mass is 463 g/mol. The molecule has 2 rings (SSSR count). The normalized spacial score (nSPS) is 24.3. The Hall–Kier alpha value is 3.07. The molecule has 1 fully saturated rings. The second kappa shape index (κ2) is 18.6. The third kappa shape index (κ3) is 17.3. The Balaban J connectivity index is -0.000000644. The van der Waals surface area contributed by atoms with Gasteiger partial charge in [-0.25, -0.2) is 0 Å². The molecule has 146 valence electrons. The first kappa shape index (κ1) is 34.7. The van der Waals surface area contributed by atoms with Crippen LogP contribution in [0.3, 0.4) is 0 Å². The summed E-state index contributed by atoms with van der Waals surface area (Å²) in [6.45, 7) is 11.6. The molecular weight excluding hydrogens is 431 g/mol. The van der Waals surface area contributed by atoms with Crippen LogP contribution in [-0.2, 0) is 46.9 Å². The van der Waals surface area contributed by atoms with Crippen LogP contribution in [0.4, 0.5) is 0 Å². The van der Waals surface area contributed by atoms with Crippen molar-refractivity contribution in [2.24, 2.45) is 11.8 Å². The van der Waals surface area contributed by atoms with Crippen LogP contribution in [0.15, 0.2) is 30.3 Å². The maximum atomic E-state index is 5.85. The van der Waals surface area contributed by atoms with Crippen molar-refractivity contribution in [1.82, 2.24) is 0 Å². The summed E-state index contributed by atoms with van der Waals surface area (Å²) in [5.74, 6) is 0.861. The number of rotatable bonds is 5. The van der Waals surface area contributed by atoms with Crippen LogP contribution in [0.2, 0.25) is 0 Å². The van der Waals surface area contributed by atoms with Gasteiger partial charge >= 0.3 is 103 Å². The zero-order valence-electron chi connectivity index (χ0n) is 18.3. The van der Waals surface area contributed by atoms with Crippen LogP contribution >= 0.6 is 0 Å². The van der Waals surface area contributed by atoms with Gasteiger partial charge in [-0.05, 0) is 17.6 Å². The fourth-order valence-corrected chi connectivity index (χ4v) is 2.34. The predicted octanol–water partition coefficient (Wildman–Crippen LogP) is -1.88. The van der Waals surface area contributed by atoms with Crippen LogP contribution < -0.4 is 103 Å². The molecule has 0 spiro atoms. The first-order valence-corrected chi connectivity index (χ1v) is 8.97. The molecule has 1 aromatic rings. The zero-order valence-corrected chi connectivity index (χ0v) is 26.2. The topological polar surface area (TPSA) is 27.7 Å². The molecule has 1 aliphatic rings. The Labute approximate surface area is 264 Å². The van der Waals surface area contributed by atoms with Gasteiger partial charge in [0.15, 0.2) is 6.29 Å². The average Bonchev–Trinajstić information content (AvgIpc) is 2.50. The summed E-state index contributed by atoms with van der Waals surface area (Å²) in [4.78, 5) is 0. The van der Waals surface area contributed by atoms with Crippen LogP contribution in [0, 0.1) is 18.3 Å². The summed E-state index contributed by atoms with van der Waals surface area (Å²) < 4.78 is 17.0.